The molecule has 4 saturated carbocycles. The topological polar surface area (TPSA) is 79.8 Å². The fourth-order valence-electron chi connectivity index (χ4n) is 7.40. The number of para-hydroxylation sites is 2. The van der Waals surface area contributed by atoms with E-state index in [0.717, 1.165) is 34.6 Å². The highest BCUT2D eigenvalue weighted by molar-refractivity contribution is 5.80. The van der Waals surface area contributed by atoms with E-state index in [-0.39, 0.29) is 12.1 Å². The average molecular weight is 512 g/mol. The molecule has 5 aliphatic rings. The van der Waals surface area contributed by atoms with E-state index in [1.54, 1.807) is 23.5 Å². The Labute approximate surface area is 222 Å². The predicted octanol–water partition coefficient (Wildman–Crippen LogP) is 5.48. The summed E-state index contributed by atoms with van der Waals surface area (Å²) < 4.78 is 5.85. The number of hydrogen-bond donors (Lipinski definition) is 1. The first-order chi connectivity index (χ1) is 18.7. The van der Waals surface area contributed by atoms with Gasteiger partial charge in [-0.1, -0.05) is 12.1 Å². The maximum atomic E-state index is 13.1. The van der Waals surface area contributed by atoms with Gasteiger partial charge in [-0.25, -0.2) is 19.8 Å². The summed E-state index contributed by atoms with van der Waals surface area (Å²) in [6.07, 6.45) is 9.57. The van der Waals surface area contributed by atoms with E-state index in [1.165, 1.54) is 32.1 Å². The normalized spacial score (nSPS) is 27.1. The zero-order valence-electron chi connectivity index (χ0n) is 21.4. The Kier molecular flexibility index (Phi) is 6.02. The molecule has 3 aromatic rings. The highest BCUT2D eigenvalue weighted by atomic mass is 16.7. The number of carbonyl (C=O) groups excluding carboxylic acids is 1. The van der Waals surface area contributed by atoms with Crippen molar-refractivity contribution in [3.8, 4) is 5.75 Å². The van der Waals surface area contributed by atoms with Gasteiger partial charge in [0.05, 0.1) is 17.9 Å². The van der Waals surface area contributed by atoms with Crippen LogP contribution in [0.3, 0.4) is 0 Å². The highest BCUT2D eigenvalue weighted by Gasteiger charge is 2.49. The van der Waals surface area contributed by atoms with Crippen molar-refractivity contribution in [2.45, 2.75) is 44.8 Å². The Balaban J connectivity index is 1.01. The monoisotopic (exact) mass is 511 g/mol. The van der Waals surface area contributed by atoms with Crippen LogP contribution in [0.4, 0.5) is 21.9 Å². The van der Waals surface area contributed by atoms with Gasteiger partial charge in [-0.15, -0.1) is 0 Å². The number of aromatic nitrogens is 2. The van der Waals surface area contributed by atoms with Crippen LogP contribution in [0.5, 0.6) is 5.75 Å². The molecule has 1 N–H and O–H groups in total. The van der Waals surface area contributed by atoms with Crippen LogP contribution in [-0.2, 0) is 11.4 Å². The molecule has 0 atom stereocenters. The van der Waals surface area contributed by atoms with Crippen molar-refractivity contribution in [2.75, 3.05) is 23.1 Å². The van der Waals surface area contributed by atoms with Crippen molar-refractivity contribution >= 4 is 23.2 Å². The van der Waals surface area contributed by atoms with Crippen molar-refractivity contribution in [3.05, 3.63) is 72.8 Å². The molecule has 4 fully saturated rings. The zero-order valence-corrected chi connectivity index (χ0v) is 21.4. The third kappa shape index (κ3) is 4.52. The van der Waals surface area contributed by atoms with Crippen molar-refractivity contribution in [1.82, 2.24) is 15.3 Å². The largest absolute Gasteiger partial charge is 0.486 e. The Hall–Kier alpha value is -3.81. The zero-order chi connectivity index (χ0) is 25.5. The third-order valence-electron chi connectivity index (χ3n) is 8.81. The first-order valence-electron chi connectivity index (χ1n) is 13.8. The number of hydroxylamine groups is 1. The molecule has 8 nitrogen and oxygen atoms in total. The van der Waals surface area contributed by atoms with Gasteiger partial charge in [0.2, 0.25) is 0 Å². The lowest BCUT2D eigenvalue weighted by atomic mass is 9.54. The van der Waals surface area contributed by atoms with Crippen LogP contribution >= 0.6 is 0 Å². The van der Waals surface area contributed by atoms with Gasteiger partial charge in [0, 0.05) is 30.7 Å². The number of nitrogens with one attached hydrogen (secondary N) is 1. The molecule has 38 heavy (non-hydrogen) atoms. The summed E-state index contributed by atoms with van der Waals surface area (Å²) in [5, 5.41) is 5.02. The minimum absolute atomic E-state index is 0.265. The lowest BCUT2D eigenvalue weighted by molar-refractivity contribution is -0.0142. The van der Waals surface area contributed by atoms with E-state index in [0.29, 0.717) is 37.4 Å². The molecule has 0 radical (unpaired) electrons. The van der Waals surface area contributed by atoms with E-state index >= 15 is 0 Å². The first-order valence-corrected chi connectivity index (χ1v) is 13.8. The molecule has 1 aliphatic heterocycles. The molecule has 2 aromatic carbocycles. The molecular weight excluding hydrogens is 478 g/mol. The summed E-state index contributed by atoms with van der Waals surface area (Å²) >= 11 is 0. The number of fused-ring (bicyclic) bond motifs is 1. The summed E-state index contributed by atoms with van der Waals surface area (Å²) in [4.78, 5) is 29.6. The second-order valence-corrected chi connectivity index (χ2v) is 11.2. The van der Waals surface area contributed by atoms with Gasteiger partial charge < -0.3 is 19.8 Å². The van der Waals surface area contributed by atoms with Crippen LogP contribution in [-0.4, -0.2) is 35.2 Å². The molecule has 1 amide bonds. The number of rotatable bonds is 6. The summed E-state index contributed by atoms with van der Waals surface area (Å²) in [7, 11) is 0. The Morgan fingerprint density at radius 3 is 2.24 bits per heavy atom. The van der Waals surface area contributed by atoms with Crippen LogP contribution in [0.25, 0.3) is 0 Å². The van der Waals surface area contributed by atoms with Gasteiger partial charge in [0.15, 0.2) is 5.82 Å². The molecule has 196 valence electrons. The van der Waals surface area contributed by atoms with Crippen molar-refractivity contribution in [3.63, 3.8) is 0 Å². The fraction of sp³-hybridized carbons (Fsp3) is 0.433. The molecule has 4 bridgehead atoms. The molecule has 8 rings (SSSR count). The quantitative estimate of drug-likeness (QED) is 0.469. The SMILES string of the molecule is O=C(NC1C2CC3CC(C2)CC1C3)ON1CCN(c2ccc(OCc3ncccn3)cc2)c2ccccc21. The maximum absolute atomic E-state index is 13.1. The van der Waals surface area contributed by atoms with Crippen LogP contribution in [0, 0.1) is 23.7 Å². The maximum Gasteiger partial charge on any atom is 0.431 e. The van der Waals surface area contributed by atoms with Crippen LogP contribution in [0.1, 0.15) is 37.9 Å². The second-order valence-electron chi connectivity index (χ2n) is 11.2. The molecule has 0 saturated heterocycles. The van der Waals surface area contributed by atoms with Crippen molar-refractivity contribution in [1.29, 1.82) is 0 Å². The van der Waals surface area contributed by atoms with Gasteiger partial charge in [-0.2, -0.15) is 0 Å². The predicted molar refractivity (Wildman–Crippen MR) is 144 cm³/mol. The average Bonchev–Trinajstić information content (AvgIpc) is 2.95. The standard InChI is InChI=1S/C30H33N5O3/c36-30(33-29-22-15-20-14-21(17-22)18-23(29)16-20)38-35-13-12-34(26-4-1-2-5-27(26)35)24-6-8-25(9-7-24)37-19-28-31-10-3-11-32-28/h1-11,20-23,29H,12-19H2,(H,33,36). The first kappa shape index (κ1) is 23.3. The molecular formula is C30H33N5O3. The van der Waals surface area contributed by atoms with Gasteiger partial charge in [0.1, 0.15) is 12.4 Å². The Bertz CT molecular complexity index is 1260. The van der Waals surface area contributed by atoms with E-state index in [9.17, 15) is 4.79 Å². The van der Waals surface area contributed by atoms with Crippen molar-refractivity contribution < 1.29 is 14.4 Å². The Morgan fingerprint density at radius 2 is 1.53 bits per heavy atom. The van der Waals surface area contributed by atoms with Gasteiger partial charge >= 0.3 is 6.09 Å². The molecule has 0 spiro atoms. The number of anilines is 3. The van der Waals surface area contributed by atoms with Crippen molar-refractivity contribution in [2.24, 2.45) is 23.7 Å². The number of ether oxygens (including phenoxy) is 1. The third-order valence-corrected chi connectivity index (χ3v) is 8.81. The molecule has 1 aromatic heterocycles. The minimum Gasteiger partial charge on any atom is -0.486 e. The summed E-state index contributed by atoms with van der Waals surface area (Å²) in [5.41, 5.74) is 2.95. The van der Waals surface area contributed by atoms with E-state index in [2.05, 4.69) is 26.3 Å². The summed E-state index contributed by atoms with van der Waals surface area (Å²) in [6, 6.07) is 18.1. The van der Waals surface area contributed by atoms with Gasteiger partial charge in [-0.3, -0.25) is 0 Å². The molecule has 2 heterocycles. The minimum atomic E-state index is -0.324. The summed E-state index contributed by atoms with van der Waals surface area (Å²) in [6.45, 7) is 1.60. The number of amides is 1. The van der Waals surface area contributed by atoms with Gasteiger partial charge in [0.25, 0.3) is 0 Å². The van der Waals surface area contributed by atoms with E-state index < -0.39 is 0 Å². The van der Waals surface area contributed by atoms with Gasteiger partial charge in [-0.05, 0) is 98.2 Å². The van der Waals surface area contributed by atoms with E-state index in [1.807, 2.05) is 42.5 Å². The fourth-order valence-corrected chi connectivity index (χ4v) is 7.40. The molecule has 4 aliphatic carbocycles. The van der Waals surface area contributed by atoms with E-state index in [4.69, 9.17) is 9.57 Å². The smallest absolute Gasteiger partial charge is 0.431 e. The highest BCUT2D eigenvalue weighted by Crippen LogP contribution is 2.53. The number of carbonyl (C=O) groups is 1. The number of hydrogen-bond acceptors (Lipinski definition) is 7. The second kappa shape index (κ2) is 9.82. The van der Waals surface area contributed by atoms with Crippen LogP contribution in [0.15, 0.2) is 67.0 Å². The lowest BCUT2D eigenvalue weighted by Crippen LogP contribution is -2.56. The Morgan fingerprint density at radius 1 is 0.842 bits per heavy atom. The molecule has 0 unspecified atom stereocenters. The van der Waals surface area contributed by atoms with Crippen LogP contribution in [0.2, 0.25) is 0 Å². The number of benzene rings is 2. The number of nitrogens with zero attached hydrogens (tertiary/aromatic N) is 4. The molecule has 8 heteroatoms. The summed E-state index contributed by atoms with van der Waals surface area (Å²) in [5.74, 6) is 4.41. The van der Waals surface area contributed by atoms with Crippen LogP contribution < -0.4 is 20.0 Å². The lowest BCUT2D eigenvalue weighted by Gasteiger charge is -2.54.